The highest BCUT2D eigenvalue weighted by Gasteiger charge is 2.17. The van der Waals surface area contributed by atoms with E-state index < -0.39 is 10.0 Å². The van der Waals surface area contributed by atoms with Crippen molar-refractivity contribution in [3.8, 4) is 0 Å². The number of nitrogens with zero attached hydrogens (tertiary/aromatic N) is 2. The van der Waals surface area contributed by atoms with Gasteiger partial charge in [0, 0.05) is 20.3 Å². The summed E-state index contributed by atoms with van der Waals surface area (Å²) in [7, 11) is -0.544. The maximum absolute atomic E-state index is 11.5. The van der Waals surface area contributed by atoms with Gasteiger partial charge < -0.3 is 0 Å². The molecule has 0 bridgehead atoms. The van der Waals surface area contributed by atoms with Gasteiger partial charge in [-0.1, -0.05) is 11.6 Å². The lowest BCUT2D eigenvalue weighted by molar-refractivity contribution is 0.520. The third-order valence-corrected chi connectivity index (χ3v) is 3.38. The Morgan fingerprint density at radius 1 is 1.54 bits per heavy atom. The number of pyridine rings is 1. The van der Waals surface area contributed by atoms with E-state index in [9.17, 15) is 8.42 Å². The molecular formula is C7H8ClN2O2S. The molecule has 0 N–H and O–H groups in total. The number of rotatable bonds is 2. The molecule has 0 aromatic carbocycles. The van der Waals surface area contributed by atoms with E-state index in [1.54, 1.807) is 0 Å². The van der Waals surface area contributed by atoms with Crippen molar-refractivity contribution in [2.75, 3.05) is 14.1 Å². The number of hydrogen-bond donors (Lipinski definition) is 0. The summed E-state index contributed by atoms with van der Waals surface area (Å²) in [6.07, 6.45) is 3.62. The molecule has 1 heterocycles. The minimum atomic E-state index is -3.43. The predicted molar refractivity (Wildman–Crippen MR) is 49.0 cm³/mol. The Kier molecular flexibility index (Phi) is 2.90. The van der Waals surface area contributed by atoms with Crippen LogP contribution in [0.2, 0.25) is 5.02 Å². The molecule has 0 unspecified atom stereocenters. The van der Waals surface area contributed by atoms with Crippen LogP contribution in [0, 0.1) is 6.20 Å². The van der Waals surface area contributed by atoms with Crippen LogP contribution in [0.4, 0.5) is 0 Å². The second-order valence-electron chi connectivity index (χ2n) is 2.55. The zero-order chi connectivity index (χ0) is 10.1. The second kappa shape index (κ2) is 3.61. The average Bonchev–Trinajstić information content (AvgIpc) is 2.04. The molecule has 0 fully saturated rings. The zero-order valence-electron chi connectivity index (χ0n) is 7.15. The smallest absolute Gasteiger partial charge is 0.244 e. The normalized spacial score (nSPS) is 12.0. The molecule has 1 radical (unpaired) electrons. The van der Waals surface area contributed by atoms with Gasteiger partial charge in [0.2, 0.25) is 10.0 Å². The van der Waals surface area contributed by atoms with Crippen molar-refractivity contribution < 1.29 is 8.42 Å². The van der Waals surface area contributed by atoms with E-state index in [0.29, 0.717) is 0 Å². The first-order valence-corrected chi connectivity index (χ1v) is 5.22. The highest BCUT2D eigenvalue weighted by molar-refractivity contribution is 7.89. The van der Waals surface area contributed by atoms with E-state index in [1.165, 1.54) is 26.4 Å². The van der Waals surface area contributed by atoms with Crippen molar-refractivity contribution >= 4 is 21.6 Å². The second-order valence-corrected chi connectivity index (χ2v) is 5.11. The van der Waals surface area contributed by atoms with Crippen LogP contribution < -0.4 is 0 Å². The van der Waals surface area contributed by atoms with Crippen LogP contribution in [-0.4, -0.2) is 31.8 Å². The average molecular weight is 220 g/mol. The number of aromatic nitrogens is 1. The van der Waals surface area contributed by atoms with Crippen molar-refractivity contribution in [2.45, 2.75) is 4.90 Å². The standard InChI is InChI=1S/C7H8ClN2O2S/c1-10(2)13(11,12)7-3-6(8)4-9-5-7/h3,5H,1-2H3. The van der Waals surface area contributed by atoms with Gasteiger partial charge >= 0.3 is 0 Å². The zero-order valence-corrected chi connectivity index (χ0v) is 8.72. The molecule has 6 heteroatoms. The van der Waals surface area contributed by atoms with Crippen LogP contribution in [-0.2, 0) is 10.0 Å². The van der Waals surface area contributed by atoms with Crippen LogP contribution in [0.25, 0.3) is 0 Å². The maximum atomic E-state index is 11.5. The highest BCUT2D eigenvalue weighted by atomic mass is 35.5. The molecule has 4 nitrogen and oxygen atoms in total. The lowest BCUT2D eigenvalue weighted by Crippen LogP contribution is -2.22. The van der Waals surface area contributed by atoms with Crippen LogP contribution in [0.1, 0.15) is 0 Å². The molecule has 0 aliphatic carbocycles. The van der Waals surface area contributed by atoms with Gasteiger partial charge in [0.25, 0.3) is 0 Å². The predicted octanol–water partition coefficient (Wildman–Crippen LogP) is 0.785. The molecule has 1 aromatic rings. The fraction of sp³-hybridized carbons (Fsp3) is 0.286. The van der Waals surface area contributed by atoms with E-state index in [2.05, 4.69) is 11.2 Å². The molecule has 0 saturated heterocycles. The Bertz CT molecular complexity index is 403. The van der Waals surface area contributed by atoms with Gasteiger partial charge in [-0.3, -0.25) is 4.98 Å². The van der Waals surface area contributed by atoms with E-state index >= 15 is 0 Å². The molecule has 71 valence electrons. The van der Waals surface area contributed by atoms with Crippen molar-refractivity contribution in [2.24, 2.45) is 0 Å². The van der Waals surface area contributed by atoms with Crippen LogP contribution in [0.15, 0.2) is 17.2 Å². The Hall–Kier alpha value is -0.650. The van der Waals surface area contributed by atoms with Gasteiger partial charge in [-0.25, -0.2) is 12.7 Å². The van der Waals surface area contributed by atoms with Gasteiger partial charge in [-0.15, -0.1) is 0 Å². The Balaban J connectivity index is 3.24. The highest BCUT2D eigenvalue weighted by Crippen LogP contribution is 2.15. The van der Waals surface area contributed by atoms with Gasteiger partial charge in [-0.05, 0) is 6.07 Å². The monoisotopic (exact) mass is 219 g/mol. The van der Waals surface area contributed by atoms with Gasteiger partial charge in [-0.2, -0.15) is 0 Å². The van der Waals surface area contributed by atoms with Crippen molar-refractivity contribution in [3.05, 3.63) is 23.5 Å². The number of sulfonamides is 1. The summed E-state index contributed by atoms with van der Waals surface area (Å²) in [6.45, 7) is 0. The molecule has 0 amide bonds. The van der Waals surface area contributed by atoms with Gasteiger partial charge in [0.05, 0.1) is 5.02 Å². The molecule has 0 aliphatic rings. The summed E-state index contributed by atoms with van der Waals surface area (Å²) in [6, 6.07) is 1.31. The van der Waals surface area contributed by atoms with Crippen LogP contribution in [0.3, 0.4) is 0 Å². The van der Waals surface area contributed by atoms with E-state index in [-0.39, 0.29) is 9.92 Å². The number of halogens is 1. The summed E-state index contributed by atoms with van der Waals surface area (Å²) in [4.78, 5) is 3.64. The molecule has 1 rings (SSSR count). The van der Waals surface area contributed by atoms with Gasteiger partial charge in [0.1, 0.15) is 11.1 Å². The minimum Gasteiger partial charge on any atom is -0.252 e. The molecule has 0 atom stereocenters. The molecule has 0 spiro atoms. The Labute approximate surface area is 82.2 Å². The number of hydrogen-bond acceptors (Lipinski definition) is 3. The molecule has 13 heavy (non-hydrogen) atoms. The van der Waals surface area contributed by atoms with Gasteiger partial charge in [0.15, 0.2) is 0 Å². The third kappa shape index (κ3) is 2.18. The Morgan fingerprint density at radius 2 is 2.15 bits per heavy atom. The molecule has 1 aromatic heterocycles. The van der Waals surface area contributed by atoms with E-state index in [0.717, 1.165) is 4.31 Å². The fourth-order valence-corrected chi connectivity index (χ4v) is 1.81. The summed E-state index contributed by atoms with van der Waals surface area (Å²) in [5.74, 6) is 0. The summed E-state index contributed by atoms with van der Waals surface area (Å²) in [5.41, 5.74) is 0. The first-order chi connectivity index (χ1) is 5.94. The molecule has 0 saturated carbocycles. The Morgan fingerprint density at radius 3 is 2.62 bits per heavy atom. The van der Waals surface area contributed by atoms with Crippen molar-refractivity contribution in [1.29, 1.82) is 0 Å². The van der Waals surface area contributed by atoms with Crippen LogP contribution in [0.5, 0.6) is 0 Å². The lowest BCUT2D eigenvalue weighted by Gasteiger charge is -2.10. The van der Waals surface area contributed by atoms with E-state index in [4.69, 9.17) is 11.6 Å². The maximum Gasteiger partial charge on any atom is 0.244 e. The summed E-state index contributed by atoms with van der Waals surface area (Å²) in [5, 5.41) is 0.183. The fourth-order valence-electron chi connectivity index (χ4n) is 0.704. The first kappa shape index (κ1) is 10.4. The first-order valence-electron chi connectivity index (χ1n) is 3.40. The summed E-state index contributed by atoms with van der Waals surface area (Å²) >= 11 is 5.55. The van der Waals surface area contributed by atoms with E-state index in [1.807, 2.05) is 0 Å². The van der Waals surface area contributed by atoms with Crippen molar-refractivity contribution in [1.82, 2.24) is 9.29 Å². The minimum absolute atomic E-state index is 0.0706. The quantitative estimate of drug-likeness (QED) is 0.739. The summed E-state index contributed by atoms with van der Waals surface area (Å²) < 4.78 is 24.1. The third-order valence-electron chi connectivity index (χ3n) is 1.41. The largest absolute Gasteiger partial charge is 0.252 e. The SMILES string of the molecule is CN(C)S(=O)(=O)c1cn[c]c(Cl)c1. The van der Waals surface area contributed by atoms with Crippen LogP contribution >= 0.6 is 11.6 Å². The lowest BCUT2D eigenvalue weighted by atomic mass is 10.5. The topological polar surface area (TPSA) is 50.3 Å². The molecule has 0 aliphatic heterocycles. The van der Waals surface area contributed by atoms with Crippen molar-refractivity contribution in [3.63, 3.8) is 0 Å². The molecular weight excluding hydrogens is 212 g/mol.